The van der Waals surface area contributed by atoms with Gasteiger partial charge in [-0.25, -0.2) is 0 Å². The van der Waals surface area contributed by atoms with Gasteiger partial charge in [0, 0.05) is 0 Å². The number of carbonyl (C=O) groups is 1. The zero-order valence-corrected chi connectivity index (χ0v) is 13.6. The third kappa shape index (κ3) is 2.19. The van der Waals surface area contributed by atoms with Crippen LogP contribution in [0.15, 0.2) is 24.3 Å². The van der Waals surface area contributed by atoms with Crippen molar-refractivity contribution in [1.82, 2.24) is 0 Å². The summed E-state index contributed by atoms with van der Waals surface area (Å²) in [5, 5.41) is 0. The monoisotopic (exact) mass is 298 g/mol. The van der Waals surface area contributed by atoms with Gasteiger partial charge in [-0.15, -0.1) is 0 Å². The maximum atomic E-state index is 12.4. The molecule has 3 aliphatic rings. The Morgan fingerprint density at radius 3 is 2.73 bits per heavy atom. The van der Waals surface area contributed by atoms with Gasteiger partial charge >= 0.3 is 5.97 Å². The molecule has 0 amide bonds. The summed E-state index contributed by atoms with van der Waals surface area (Å²) in [6.45, 7) is 5.26. The Kier molecular flexibility index (Phi) is 3.51. The van der Waals surface area contributed by atoms with Gasteiger partial charge in [-0.1, -0.05) is 38.1 Å². The minimum absolute atomic E-state index is 0.0823. The number of hydrogen-bond donors (Lipinski definition) is 0. The molecule has 0 saturated heterocycles. The van der Waals surface area contributed by atoms with E-state index in [-0.39, 0.29) is 11.9 Å². The zero-order valence-electron chi connectivity index (χ0n) is 13.6. The third-order valence-electron chi connectivity index (χ3n) is 6.87. The van der Waals surface area contributed by atoms with E-state index in [1.54, 1.807) is 0 Å². The van der Waals surface area contributed by atoms with Crippen molar-refractivity contribution in [3.8, 4) is 0 Å². The minimum atomic E-state index is 0.0823. The van der Waals surface area contributed by atoms with Crippen molar-refractivity contribution in [2.45, 2.75) is 45.4 Å². The molecular weight excluding hydrogens is 272 g/mol. The van der Waals surface area contributed by atoms with Crippen LogP contribution in [-0.4, -0.2) is 12.6 Å². The Morgan fingerprint density at radius 2 is 2.00 bits per heavy atom. The quantitative estimate of drug-likeness (QED) is 0.779. The standard InChI is InChI=1S/C20H26O2/c1-12-13(2)18-10-16(12)11-19(18)20(21)22-8-7-15-9-14-5-3-4-6-17(14)15/h3-6,12-13,15-16,18-19H,7-11H2,1-2H3. The molecule has 0 N–H and O–H groups in total. The molecule has 2 fully saturated rings. The zero-order chi connectivity index (χ0) is 15.3. The number of esters is 1. The van der Waals surface area contributed by atoms with Gasteiger partial charge in [0.1, 0.15) is 0 Å². The second-order valence-corrected chi connectivity index (χ2v) is 7.78. The summed E-state index contributed by atoms with van der Waals surface area (Å²) >= 11 is 0. The van der Waals surface area contributed by atoms with Gasteiger partial charge in [0.15, 0.2) is 0 Å². The largest absolute Gasteiger partial charge is 0.465 e. The van der Waals surface area contributed by atoms with E-state index in [2.05, 4.69) is 38.1 Å². The fourth-order valence-corrected chi connectivity index (χ4v) is 5.24. The molecule has 1 aromatic carbocycles. The highest BCUT2D eigenvalue weighted by molar-refractivity contribution is 5.73. The average Bonchev–Trinajstić information content (AvgIpc) is 3.04. The number of carbonyl (C=O) groups excluding carboxylic acids is 1. The number of benzene rings is 1. The molecule has 1 aromatic rings. The maximum absolute atomic E-state index is 12.4. The molecule has 6 unspecified atom stereocenters. The molecule has 0 heterocycles. The summed E-state index contributed by atoms with van der Waals surface area (Å²) < 4.78 is 5.64. The van der Waals surface area contributed by atoms with Gasteiger partial charge in [0.2, 0.25) is 0 Å². The van der Waals surface area contributed by atoms with Crippen molar-refractivity contribution in [2.75, 3.05) is 6.61 Å². The van der Waals surface area contributed by atoms with Crippen LogP contribution in [0, 0.1) is 29.6 Å². The summed E-state index contributed by atoms with van der Waals surface area (Å²) in [5.74, 6) is 3.69. The van der Waals surface area contributed by atoms with Crippen molar-refractivity contribution >= 4 is 5.97 Å². The first-order valence-corrected chi connectivity index (χ1v) is 8.89. The molecule has 0 spiro atoms. The average molecular weight is 298 g/mol. The van der Waals surface area contributed by atoms with E-state index >= 15 is 0 Å². The molecule has 118 valence electrons. The molecule has 6 atom stereocenters. The van der Waals surface area contributed by atoms with E-state index in [0.717, 1.165) is 31.1 Å². The van der Waals surface area contributed by atoms with Crippen LogP contribution >= 0.6 is 0 Å². The molecule has 0 radical (unpaired) electrons. The smallest absolute Gasteiger partial charge is 0.309 e. The number of hydrogen-bond acceptors (Lipinski definition) is 2. The lowest BCUT2D eigenvalue weighted by molar-refractivity contribution is -0.151. The SMILES string of the molecule is CC1C2CC(C(=O)OCCC3Cc4ccccc43)C(C2)C1C. The van der Waals surface area contributed by atoms with Gasteiger partial charge < -0.3 is 4.74 Å². The van der Waals surface area contributed by atoms with Gasteiger partial charge in [0.05, 0.1) is 12.5 Å². The molecule has 2 bridgehead atoms. The lowest BCUT2D eigenvalue weighted by Crippen LogP contribution is -2.31. The highest BCUT2D eigenvalue weighted by Gasteiger charge is 2.51. The van der Waals surface area contributed by atoms with Gasteiger partial charge in [-0.2, -0.15) is 0 Å². The topological polar surface area (TPSA) is 26.3 Å². The molecule has 22 heavy (non-hydrogen) atoms. The molecule has 0 aliphatic heterocycles. The fourth-order valence-electron chi connectivity index (χ4n) is 5.24. The molecule has 0 aromatic heterocycles. The van der Waals surface area contributed by atoms with Gasteiger partial charge in [0.25, 0.3) is 0 Å². The highest BCUT2D eigenvalue weighted by atomic mass is 16.5. The first-order valence-electron chi connectivity index (χ1n) is 8.89. The maximum Gasteiger partial charge on any atom is 0.309 e. The molecule has 2 heteroatoms. The van der Waals surface area contributed by atoms with Crippen molar-refractivity contribution in [3.05, 3.63) is 35.4 Å². The normalized spacial score (nSPS) is 38.5. The van der Waals surface area contributed by atoms with Crippen LogP contribution in [0.25, 0.3) is 0 Å². The number of fused-ring (bicyclic) bond motifs is 3. The lowest BCUT2D eigenvalue weighted by atomic mass is 9.75. The molecule has 4 rings (SSSR count). The lowest BCUT2D eigenvalue weighted by Gasteiger charge is -2.31. The van der Waals surface area contributed by atoms with Crippen LogP contribution in [0.4, 0.5) is 0 Å². The van der Waals surface area contributed by atoms with E-state index in [4.69, 9.17) is 4.74 Å². The van der Waals surface area contributed by atoms with Crippen molar-refractivity contribution in [1.29, 1.82) is 0 Å². The van der Waals surface area contributed by atoms with Crippen LogP contribution in [0.1, 0.15) is 50.2 Å². The first-order chi connectivity index (χ1) is 10.6. The van der Waals surface area contributed by atoms with Crippen LogP contribution in [0.2, 0.25) is 0 Å². The van der Waals surface area contributed by atoms with Gasteiger partial charge in [-0.05, 0) is 66.4 Å². The van der Waals surface area contributed by atoms with Gasteiger partial charge in [-0.3, -0.25) is 4.79 Å². The van der Waals surface area contributed by atoms with Crippen molar-refractivity contribution in [3.63, 3.8) is 0 Å². The van der Waals surface area contributed by atoms with Crippen molar-refractivity contribution in [2.24, 2.45) is 29.6 Å². The number of ether oxygens (including phenoxy) is 1. The van der Waals surface area contributed by atoms with Crippen LogP contribution in [0.5, 0.6) is 0 Å². The van der Waals surface area contributed by atoms with E-state index in [9.17, 15) is 4.79 Å². The summed E-state index contributed by atoms with van der Waals surface area (Å²) in [6, 6.07) is 8.63. The fraction of sp³-hybridized carbons (Fsp3) is 0.650. The Balaban J connectivity index is 1.27. The Labute approximate surface area is 133 Å². The second kappa shape index (κ2) is 5.40. The Morgan fingerprint density at radius 1 is 1.18 bits per heavy atom. The van der Waals surface area contributed by atoms with Crippen molar-refractivity contribution < 1.29 is 9.53 Å². The van der Waals surface area contributed by atoms with Crippen LogP contribution in [0.3, 0.4) is 0 Å². The van der Waals surface area contributed by atoms with E-state index in [1.165, 1.54) is 17.5 Å². The third-order valence-corrected chi connectivity index (χ3v) is 6.87. The van der Waals surface area contributed by atoms with E-state index < -0.39 is 0 Å². The highest BCUT2D eigenvalue weighted by Crippen LogP contribution is 2.55. The van der Waals surface area contributed by atoms with E-state index in [1.807, 2.05) is 0 Å². The predicted molar refractivity (Wildman–Crippen MR) is 86.5 cm³/mol. The number of rotatable bonds is 4. The summed E-state index contributed by atoms with van der Waals surface area (Å²) in [4.78, 5) is 12.4. The molecular formula is C20H26O2. The first kappa shape index (κ1) is 14.3. The van der Waals surface area contributed by atoms with Crippen LogP contribution < -0.4 is 0 Å². The summed E-state index contributed by atoms with van der Waals surface area (Å²) in [7, 11) is 0. The van der Waals surface area contributed by atoms with E-state index in [0.29, 0.717) is 24.4 Å². The second-order valence-electron chi connectivity index (χ2n) is 7.78. The predicted octanol–water partition coefficient (Wildman–Crippen LogP) is 4.19. The summed E-state index contributed by atoms with van der Waals surface area (Å²) in [5.41, 5.74) is 2.93. The molecule has 3 aliphatic carbocycles. The van der Waals surface area contributed by atoms with Crippen LogP contribution in [-0.2, 0) is 16.0 Å². The Hall–Kier alpha value is -1.31. The minimum Gasteiger partial charge on any atom is -0.465 e. The summed E-state index contributed by atoms with van der Waals surface area (Å²) in [6.07, 6.45) is 4.45. The molecule has 2 saturated carbocycles. The Bertz CT molecular complexity index is 577. The molecule has 2 nitrogen and oxygen atoms in total.